The zero-order valence-electron chi connectivity index (χ0n) is 14.7. The molecule has 8 nitrogen and oxygen atoms in total. The van der Waals surface area contributed by atoms with Gasteiger partial charge >= 0.3 is 0 Å². The smallest absolute Gasteiger partial charge is 0.271 e. The Morgan fingerprint density at radius 3 is 2.85 bits per heavy atom. The quantitative estimate of drug-likeness (QED) is 0.487. The Morgan fingerprint density at radius 1 is 1.19 bits per heavy atom. The topological polar surface area (TPSA) is 109 Å². The largest absolute Gasteiger partial charge is 0.361 e. The Balaban J connectivity index is 1.33. The van der Waals surface area contributed by atoms with E-state index in [1.54, 1.807) is 13.0 Å². The molecule has 0 aliphatic carbocycles. The highest BCUT2D eigenvalue weighted by Crippen LogP contribution is 2.17. The van der Waals surface area contributed by atoms with Crippen LogP contribution in [0.1, 0.15) is 21.8 Å². The predicted molar refractivity (Wildman–Crippen MR) is 101 cm³/mol. The third-order valence-electron chi connectivity index (χ3n) is 4.12. The van der Waals surface area contributed by atoms with Gasteiger partial charge in [-0.15, -0.1) is 0 Å². The molecule has 0 saturated heterocycles. The molecule has 0 radical (unpaired) electrons. The molecule has 1 aromatic carbocycles. The number of para-hydroxylation sites is 1. The van der Waals surface area contributed by atoms with Crippen LogP contribution < -0.4 is 10.6 Å². The summed E-state index contributed by atoms with van der Waals surface area (Å²) >= 11 is 0. The van der Waals surface area contributed by atoms with Crippen molar-refractivity contribution in [1.29, 1.82) is 0 Å². The number of anilines is 2. The van der Waals surface area contributed by atoms with E-state index in [1.807, 2.05) is 24.4 Å². The summed E-state index contributed by atoms with van der Waals surface area (Å²) in [5, 5.41) is 10.8. The molecule has 0 aliphatic rings. The summed E-state index contributed by atoms with van der Waals surface area (Å²) in [6, 6.07) is 9.84. The molecular formula is C19H18N6O2. The molecule has 3 N–H and O–H groups in total. The van der Waals surface area contributed by atoms with Crippen LogP contribution in [0.15, 0.2) is 53.4 Å². The van der Waals surface area contributed by atoms with Crippen LogP contribution in [0.3, 0.4) is 0 Å². The van der Waals surface area contributed by atoms with E-state index in [0.717, 1.165) is 11.9 Å². The van der Waals surface area contributed by atoms with Crippen LogP contribution in [0.4, 0.5) is 11.6 Å². The third kappa shape index (κ3) is 3.79. The summed E-state index contributed by atoms with van der Waals surface area (Å²) < 4.78 is 4.97. The van der Waals surface area contributed by atoms with Gasteiger partial charge < -0.3 is 20.1 Å². The van der Waals surface area contributed by atoms with Gasteiger partial charge in [-0.25, -0.2) is 9.97 Å². The van der Waals surface area contributed by atoms with Crippen molar-refractivity contribution in [2.24, 2.45) is 0 Å². The van der Waals surface area contributed by atoms with E-state index < -0.39 is 0 Å². The number of hydrogen-bond acceptors (Lipinski definition) is 6. The van der Waals surface area contributed by atoms with E-state index in [-0.39, 0.29) is 11.6 Å². The number of H-pyrrole nitrogens is 1. The molecule has 0 aliphatic heterocycles. The molecular weight excluding hydrogens is 344 g/mol. The lowest BCUT2D eigenvalue weighted by Crippen LogP contribution is -2.26. The third-order valence-corrected chi connectivity index (χ3v) is 4.12. The summed E-state index contributed by atoms with van der Waals surface area (Å²) in [4.78, 5) is 23.8. The van der Waals surface area contributed by atoms with Gasteiger partial charge in [0.05, 0.1) is 12.4 Å². The minimum absolute atomic E-state index is 0.258. The molecule has 27 heavy (non-hydrogen) atoms. The van der Waals surface area contributed by atoms with Gasteiger partial charge in [0.1, 0.15) is 17.3 Å². The maximum atomic E-state index is 12.2. The van der Waals surface area contributed by atoms with Crippen molar-refractivity contribution in [2.45, 2.75) is 13.3 Å². The van der Waals surface area contributed by atoms with Crippen LogP contribution in [0.5, 0.6) is 0 Å². The average Bonchev–Trinajstić information content (AvgIpc) is 3.28. The second-order valence-corrected chi connectivity index (χ2v) is 6.10. The zero-order chi connectivity index (χ0) is 18.6. The van der Waals surface area contributed by atoms with Gasteiger partial charge in [0, 0.05) is 29.7 Å². The molecule has 136 valence electrons. The Kier molecular flexibility index (Phi) is 4.52. The van der Waals surface area contributed by atoms with Crippen molar-refractivity contribution in [3.8, 4) is 0 Å². The lowest BCUT2D eigenvalue weighted by Gasteiger charge is -2.05. The number of carbonyl (C=O) groups excluding carboxylic acids is 1. The normalized spacial score (nSPS) is 10.9. The first kappa shape index (κ1) is 16.8. The SMILES string of the molecule is Cc1cc(Nc2cnc(C(=O)NCCc3c[nH]c4ccccc34)cn2)no1. The van der Waals surface area contributed by atoms with E-state index in [2.05, 4.69) is 36.8 Å². The van der Waals surface area contributed by atoms with Crippen molar-refractivity contribution < 1.29 is 9.32 Å². The summed E-state index contributed by atoms with van der Waals surface area (Å²) in [6.07, 6.45) is 5.62. The summed E-state index contributed by atoms with van der Waals surface area (Å²) in [5.41, 5.74) is 2.52. The molecule has 1 amide bonds. The van der Waals surface area contributed by atoms with Crippen molar-refractivity contribution >= 4 is 28.4 Å². The van der Waals surface area contributed by atoms with Gasteiger partial charge in [-0.2, -0.15) is 0 Å². The number of benzene rings is 1. The Morgan fingerprint density at radius 2 is 2.07 bits per heavy atom. The lowest BCUT2D eigenvalue weighted by atomic mass is 10.1. The van der Waals surface area contributed by atoms with Gasteiger partial charge in [-0.3, -0.25) is 4.79 Å². The highest BCUT2D eigenvalue weighted by molar-refractivity contribution is 5.92. The summed E-state index contributed by atoms with van der Waals surface area (Å²) in [5.74, 6) is 1.46. The minimum Gasteiger partial charge on any atom is -0.361 e. The fourth-order valence-corrected chi connectivity index (χ4v) is 2.81. The van der Waals surface area contributed by atoms with Gasteiger partial charge in [-0.05, 0) is 25.0 Å². The fraction of sp³-hybridized carbons (Fsp3) is 0.158. The summed E-state index contributed by atoms with van der Waals surface area (Å²) in [6.45, 7) is 2.31. The molecule has 0 saturated carbocycles. The molecule has 0 fully saturated rings. The van der Waals surface area contributed by atoms with Crippen LogP contribution in [0.25, 0.3) is 10.9 Å². The first-order valence-corrected chi connectivity index (χ1v) is 8.54. The number of hydrogen-bond donors (Lipinski definition) is 3. The van der Waals surface area contributed by atoms with E-state index in [1.165, 1.54) is 23.3 Å². The van der Waals surface area contributed by atoms with Gasteiger partial charge in [0.2, 0.25) is 0 Å². The molecule has 0 unspecified atom stereocenters. The maximum Gasteiger partial charge on any atom is 0.271 e. The molecule has 8 heteroatoms. The number of nitrogens with zero attached hydrogens (tertiary/aromatic N) is 3. The highest BCUT2D eigenvalue weighted by Gasteiger charge is 2.09. The molecule has 0 bridgehead atoms. The Labute approximate surface area is 155 Å². The average molecular weight is 362 g/mol. The van der Waals surface area contributed by atoms with Gasteiger partial charge in [-0.1, -0.05) is 23.4 Å². The number of amides is 1. The van der Waals surface area contributed by atoms with Crippen molar-refractivity contribution in [3.63, 3.8) is 0 Å². The number of fused-ring (bicyclic) bond motifs is 1. The summed E-state index contributed by atoms with van der Waals surface area (Å²) in [7, 11) is 0. The maximum absolute atomic E-state index is 12.2. The lowest BCUT2D eigenvalue weighted by molar-refractivity contribution is 0.0949. The number of aromatic amines is 1. The molecule has 0 spiro atoms. The van der Waals surface area contributed by atoms with Gasteiger partial charge in [0.15, 0.2) is 5.82 Å². The van der Waals surface area contributed by atoms with Crippen molar-refractivity contribution in [2.75, 3.05) is 11.9 Å². The number of carbonyl (C=O) groups is 1. The van der Waals surface area contributed by atoms with Crippen molar-refractivity contribution in [1.82, 2.24) is 25.4 Å². The minimum atomic E-state index is -0.258. The standard InChI is InChI=1S/C19H18N6O2/c1-12-8-17(25-27-12)24-18-11-22-16(10-23-18)19(26)20-7-6-13-9-21-15-5-3-2-4-14(13)15/h2-5,8-11,21H,6-7H2,1H3,(H,20,26)(H,23,24,25). The van der Waals surface area contributed by atoms with Gasteiger partial charge in [0.25, 0.3) is 5.91 Å². The highest BCUT2D eigenvalue weighted by atomic mass is 16.5. The van der Waals surface area contributed by atoms with Crippen LogP contribution in [0, 0.1) is 6.92 Å². The number of rotatable bonds is 6. The zero-order valence-corrected chi connectivity index (χ0v) is 14.7. The van der Waals surface area contributed by atoms with Crippen LogP contribution in [-0.4, -0.2) is 32.6 Å². The fourth-order valence-electron chi connectivity index (χ4n) is 2.81. The number of aryl methyl sites for hydroxylation is 1. The Hall–Kier alpha value is -3.68. The molecule has 0 atom stereocenters. The van der Waals surface area contributed by atoms with E-state index in [0.29, 0.717) is 23.9 Å². The second kappa shape index (κ2) is 7.28. The van der Waals surface area contributed by atoms with E-state index in [9.17, 15) is 4.79 Å². The number of nitrogens with one attached hydrogen (secondary N) is 3. The predicted octanol–water partition coefficient (Wildman–Crippen LogP) is 2.97. The first-order valence-electron chi connectivity index (χ1n) is 8.54. The van der Waals surface area contributed by atoms with Crippen molar-refractivity contribution in [3.05, 3.63) is 65.9 Å². The monoisotopic (exact) mass is 362 g/mol. The second-order valence-electron chi connectivity index (χ2n) is 6.10. The molecule has 4 rings (SSSR count). The van der Waals surface area contributed by atoms with Crippen LogP contribution >= 0.6 is 0 Å². The van der Waals surface area contributed by atoms with Crippen LogP contribution in [0.2, 0.25) is 0 Å². The molecule has 4 aromatic rings. The first-order chi connectivity index (χ1) is 13.2. The molecule has 3 aromatic heterocycles. The van der Waals surface area contributed by atoms with Crippen LogP contribution in [-0.2, 0) is 6.42 Å². The molecule has 3 heterocycles. The van der Waals surface area contributed by atoms with E-state index in [4.69, 9.17) is 4.52 Å². The van der Waals surface area contributed by atoms with E-state index >= 15 is 0 Å². The number of aromatic nitrogens is 4. The Bertz CT molecular complexity index is 1070.